The summed E-state index contributed by atoms with van der Waals surface area (Å²) in [6.45, 7) is 0.719. The van der Waals surface area contributed by atoms with Gasteiger partial charge in [0.15, 0.2) is 5.78 Å². The monoisotopic (exact) mass is 392 g/mol. The van der Waals surface area contributed by atoms with Crippen molar-refractivity contribution in [3.8, 4) is 5.75 Å². The first-order valence-electron chi connectivity index (χ1n) is 9.84. The third kappa shape index (κ3) is 3.97. The Morgan fingerprint density at radius 1 is 1.14 bits per heavy atom. The van der Waals surface area contributed by atoms with E-state index in [-0.39, 0.29) is 12.4 Å². The summed E-state index contributed by atoms with van der Waals surface area (Å²) < 4.78 is 10.8. The number of hydrogen-bond donors (Lipinski definition) is 1. The average Bonchev–Trinajstić information content (AvgIpc) is 3.20. The van der Waals surface area contributed by atoms with Gasteiger partial charge in [0.05, 0.1) is 13.2 Å². The second-order valence-electron chi connectivity index (χ2n) is 7.22. The number of ketones is 1. The molecule has 150 valence electrons. The zero-order chi connectivity index (χ0) is 20.2. The van der Waals surface area contributed by atoms with Crippen molar-refractivity contribution in [2.24, 2.45) is 0 Å². The van der Waals surface area contributed by atoms with Crippen molar-refractivity contribution < 1.29 is 19.1 Å². The molecule has 1 fully saturated rings. The molecule has 1 saturated heterocycles. The van der Waals surface area contributed by atoms with Crippen molar-refractivity contribution in [3.63, 3.8) is 0 Å². The minimum atomic E-state index is -0.516. The van der Waals surface area contributed by atoms with Crippen molar-refractivity contribution in [3.05, 3.63) is 65.9 Å². The molecule has 3 aromatic rings. The number of nitrogens with one attached hydrogen (secondary N) is 1. The SMILES string of the molecule is COc1ccc2[nH]cc(C(=O)[C@H]3CCCCN3C(=O)OCc3ccccc3)c2c1. The minimum Gasteiger partial charge on any atom is -0.497 e. The molecule has 1 aliphatic rings. The number of aromatic nitrogens is 1. The van der Waals surface area contributed by atoms with E-state index in [1.54, 1.807) is 18.2 Å². The van der Waals surface area contributed by atoms with Gasteiger partial charge in [-0.3, -0.25) is 9.69 Å². The van der Waals surface area contributed by atoms with Crippen LogP contribution in [0, 0.1) is 0 Å². The molecule has 0 aliphatic carbocycles. The van der Waals surface area contributed by atoms with Crippen LogP contribution >= 0.6 is 0 Å². The Kier molecular flexibility index (Phi) is 5.51. The quantitative estimate of drug-likeness (QED) is 0.647. The molecule has 2 heterocycles. The van der Waals surface area contributed by atoms with E-state index in [4.69, 9.17) is 9.47 Å². The van der Waals surface area contributed by atoms with Crippen molar-refractivity contribution in [1.29, 1.82) is 0 Å². The summed E-state index contributed by atoms with van der Waals surface area (Å²) in [7, 11) is 1.60. The van der Waals surface area contributed by atoms with E-state index < -0.39 is 12.1 Å². The third-order valence-corrected chi connectivity index (χ3v) is 5.40. The number of hydrogen-bond acceptors (Lipinski definition) is 4. The number of rotatable bonds is 5. The van der Waals surface area contributed by atoms with Crippen LogP contribution in [0.5, 0.6) is 5.75 Å². The number of H-pyrrole nitrogens is 1. The maximum Gasteiger partial charge on any atom is 0.410 e. The lowest BCUT2D eigenvalue weighted by molar-refractivity contribution is 0.0565. The van der Waals surface area contributed by atoms with Gasteiger partial charge in [-0.15, -0.1) is 0 Å². The summed E-state index contributed by atoms with van der Waals surface area (Å²) in [5, 5.41) is 0.803. The van der Waals surface area contributed by atoms with Gasteiger partial charge in [-0.05, 0) is 43.0 Å². The number of carbonyl (C=O) groups excluding carboxylic acids is 2. The second-order valence-corrected chi connectivity index (χ2v) is 7.22. The van der Waals surface area contributed by atoms with Gasteiger partial charge in [-0.1, -0.05) is 30.3 Å². The molecule has 0 radical (unpaired) electrons. The molecule has 6 heteroatoms. The van der Waals surface area contributed by atoms with Crippen LogP contribution in [0.25, 0.3) is 10.9 Å². The van der Waals surface area contributed by atoms with Gasteiger partial charge in [-0.25, -0.2) is 4.79 Å². The smallest absolute Gasteiger partial charge is 0.410 e. The van der Waals surface area contributed by atoms with Gasteiger partial charge in [0.1, 0.15) is 12.4 Å². The molecule has 0 unspecified atom stereocenters. The highest BCUT2D eigenvalue weighted by Crippen LogP contribution is 2.28. The van der Waals surface area contributed by atoms with Gasteiger partial charge in [0, 0.05) is 29.2 Å². The number of nitrogens with zero attached hydrogens (tertiary/aromatic N) is 1. The number of ether oxygens (including phenoxy) is 2. The van der Waals surface area contributed by atoms with E-state index in [2.05, 4.69) is 4.98 Å². The summed E-state index contributed by atoms with van der Waals surface area (Å²) >= 11 is 0. The largest absolute Gasteiger partial charge is 0.497 e. The zero-order valence-electron chi connectivity index (χ0n) is 16.4. The molecular weight excluding hydrogens is 368 g/mol. The van der Waals surface area contributed by atoms with Crippen LogP contribution in [0.15, 0.2) is 54.7 Å². The summed E-state index contributed by atoms with van der Waals surface area (Å²) in [6.07, 6.45) is 3.69. The third-order valence-electron chi connectivity index (χ3n) is 5.40. The number of aromatic amines is 1. The number of fused-ring (bicyclic) bond motifs is 1. The molecule has 1 N–H and O–H groups in total. The van der Waals surface area contributed by atoms with Crippen molar-refractivity contribution in [2.45, 2.75) is 31.9 Å². The molecule has 6 nitrogen and oxygen atoms in total. The lowest BCUT2D eigenvalue weighted by Crippen LogP contribution is -2.48. The van der Waals surface area contributed by atoms with Crippen molar-refractivity contribution >= 4 is 22.8 Å². The van der Waals surface area contributed by atoms with E-state index in [0.717, 1.165) is 29.3 Å². The second kappa shape index (κ2) is 8.39. The first-order valence-corrected chi connectivity index (χ1v) is 9.84. The first-order chi connectivity index (χ1) is 14.2. The fourth-order valence-corrected chi connectivity index (χ4v) is 3.83. The number of likely N-dealkylation sites (tertiary alicyclic amines) is 1. The molecule has 2 aromatic carbocycles. The van der Waals surface area contributed by atoms with E-state index in [9.17, 15) is 9.59 Å². The molecule has 1 aromatic heterocycles. The van der Waals surface area contributed by atoms with Crippen LogP contribution in [-0.2, 0) is 11.3 Å². The Bertz CT molecular complexity index is 1010. The number of benzene rings is 2. The van der Waals surface area contributed by atoms with E-state index >= 15 is 0 Å². The lowest BCUT2D eigenvalue weighted by Gasteiger charge is -2.33. The van der Waals surface area contributed by atoms with Crippen LogP contribution in [0.1, 0.15) is 35.2 Å². The molecule has 29 heavy (non-hydrogen) atoms. The number of piperidine rings is 1. The highest BCUT2D eigenvalue weighted by Gasteiger charge is 2.34. The van der Waals surface area contributed by atoms with E-state index in [1.807, 2.05) is 48.5 Å². The summed E-state index contributed by atoms with van der Waals surface area (Å²) in [6, 6.07) is 14.6. The fourth-order valence-electron chi connectivity index (χ4n) is 3.83. The summed E-state index contributed by atoms with van der Waals surface area (Å²) in [5.41, 5.74) is 2.36. The van der Waals surface area contributed by atoms with Crippen LogP contribution in [-0.4, -0.2) is 41.5 Å². The topological polar surface area (TPSA) is 71.6 Å². The Morgan fingerprint density at radius 3 is 2.76 bits per heavy atom. The van der Waals surface area contributed by atoms with Gasteiger partial charge in [0.2, 0.25) is 0 Å². The molecule has 1 atom stereocenters. The van der Waals surface area contributed by atoms with Crippen LogP contribution in [0.2, 0.25) is 0 Å². The highest BCUT2D eigenvalue weighted by atomic mass is 16.6. The lowest BCUT2D eigenvalue weighted by atomic mass is 9.94. The normalized spacial score (nSPS) is 16.6. The molecule has 1 aliphatic heterocycles. The predicted molar refractivity (Wildman–Crippen MR) is 110 cm³/mol. The molecular formula is C23H24N2O4. The van der Waals surface area contributed by atoms with Crippen LogP contribution < -0.4 is 4.74 Å². The van der Waals surface area contributed by atoms with Gasteiger partial charge in [-0.2, -0.15) is 0 Å². The van der Waals surface area contributed by atoms with Crippen LogP contribution in [0.3, 0.4) is 0 Å². The van der Waals surface area contributed by atoms with Gasteiger partial charge < -0.3 is 14.5 Å². The summed E-state index contributed by atoms with van der Waals surface area (Å²) in [4.78, 5) is 30.8. The first kappa shape index (κ1) is 19.1. The molecule has 0 bridgehead atoms. The van der Waals surface area contributed by atoms with E-state index in [0.29, 0.717) is 24.3 Å². The highest BCUT2D eigenvalue weighted by molar-refractivity contribution is 6.11. The van der Waals surface area contributed by atoms with Gasteiger partial charge in [0.25, 0.3) is 0 Å². The maximum absolute atomic E-state index is 13.4. The molecule has 0 saturated carbocycles. The molecule has 4 rings (SSSR count). The number of methoxy groups -OCH3 is 1. The maximum atomic E-state index is 13.4. The number of carbonyl (C=O) groups is 2. The average molecular weight is 392 g/mol. The Balaban J connectivity index is 1.54. The zero-order valence-corrected chi connectivity index (χ0v) is 16.4. The van der Waals surface area contributed by atoms with Crippen molar-refractivity contribution in [2.75, 3.05) is 13.7 Å². The predicted octanol–water partition coefficient (Wildman–Crippen LogP) is 4.55. The van der Waals surface area contributed by atoms with Crippen LogP contribution in [0.4, 0.5) is 4.79 Å². The fraction of sp³-hybridized carbons (Fsp3) is 0.304. The Hall–Kier alpha value is -3.28. The Morgan fingerprint density at radius 2 is 1.97 bits per heavy atom. The number of Topliss-reactive ketones (excluding diaryl/α,β-unsaturated/α-hetero) is 1. The summed E-state index contributed by atoms with van der Waals surface area (Å²) in [5.74, 6) is 0.620. The van der Waals surface area contributed by atoms with E-state index in [1.165, 1.54) is 0 Å². The Labute approximate surface area is 169 Å². The van der Waals surface area contributed by atoms with Crippen molar-refractivity contribution in [1.82, 2.24) is 9.88 Å². The number of amides is 1. The standard InChI is InChI=1S/C23H24N2O4/c1-28-17-10-11-20-18(13-17)19(14-24-20)22(26)21-9-5-6-12-25(21)23(27)29-15-16-7-3-2-4-8-16/h2-4,7-8,10-11,13-14,21,24H,5-6,9,12,15H2,1H3/t21-/m1/s1. The molecule has 0 spiro atoms. The molecule has 1 amide bonds. The van der Waals surface area contributed by atoms with Gasteiger partial charge >= 0.3 is 6.09 Å². The minimum absolute atomic E-state index is 0.0686.